The zero-order valence-electron chi connectivity index (χ0n) is 5.06. The van der Waals surface area contributed by atoms with Gasteiger partial charge in [-0.05, 0) is 0 Å². The Morgan fingerprint density at radius 1 is 1.00 bits per heavy atom. The second kappa shape index (κ2) is 2.60. The molecule has 1 N–H and O–H groups in total. The van der Waals surface area contributed by atoms with E-state index in [9.17, 15) is 8.78 Å². The largest absolute Gasteiger partial charge is 0.393 e. The first-order valence-corrected chi connectivity index (χ1v) is 3.14. The molecule has 0 radical (unpaired) electrons. The average Bonchev–Trinajstić information content (AvgIpc) is 1.59. The van der Waals surface area contributed by atoms with E-state index in [1.54, 1.807) is 0 Å². The van der Waals surface area contributed by atoms with Crippen molar-refractivity contribution >= 4 is 0 Å². The fourth-order valence-corrected chi connectivity index (χ4v) is 1.16. The van der Waals surface area contributed by atoms with Gasteiger partial charge in [-0.25, -0.2) is 8.78 Å². The van der Waals surface area contributed by atoms with Gasteiger partial charge >= 0.3 is 0 Å². The Labute approximate surface area is 52.7 Å². The average molecular weight is 136 g/mol. The fourth-order valence-electron chi connectivity index (χ4n) is 1.16. The summed E-state index contributed by atoms with van der Waals surface area (Å²) in [5, 5.41) is 8.77. The van der Waals surface area contributed by atoms with Gasteiger partial charge in [-0.3, -0.25) is 0 Å². The second-order valence-electron chi connectivity index (χ2n) is 2.56. The monoisotopic (exact) mass is 136 g/mol. The number of hydrogen-bond donors (Lipinski definition) is 1. The summed E-state index contributed by atoms with van der Waals surface area (Å²) < 4.78 is 24.6. The zero-order chi connectivity index (χ0) is 6.85. The Balaban J connectivity index is 2.34. The Bertz CT molecular complexity index is 72.0. The third-order valence-electron chi connectivity index (χ3n) is 1.57. The van der Waals surface area contributed by atoms with Crippen molar-refractivity contribution in [3.05, 3.63) is 0 Å². The van der Waals surface area contributed by atoms with Gasteiger partial charge in [-0.1, -0.05) is 0 Å². The summed E-state index contributed by atoms with van der Waals surface area (Å²) in [7, 11) is 0. The van der Waals surface area contributed by atoms with E-state index in [0.29, 0.717) is 0 Å². The molecular formula is C6H10F2O. The molecule has 1 aliphatic carbocycles. The maximum atomic E-state index is 12.3. The third-order valence-corrected chi connectivity index (χ3v) is 1.57. The van der Waals surface area contributed by atoms with Crippen LogP contribution < -0.4 is 0 Å². The molecule has 0 saturated heterocycles. The SMILES string of the molecule is OC1C[C@@H](F)C[C@@H](F)C1. The minimum atomic E-state index is -1.14. The van der Waals surface area contributed by atoms with Crippen LogP contribution in [0.1, 0.15) is 19.3 Å². The zero-order valence-corrected chi connectivity index (χ0v) is 5.06. The van der Waals surface area contributed by atoms with Crippen LogP contribution in [-0.2, 0) is 0 Å². The first-order chi connectivity index (χ1) is 4.18. The molecule has 1 unspecified atom stereocenters. The molecule has 1 saturated carbocycles. The van der Waals surface area contributed by atoms with Crippen LogP contribution in [0.2, 0.25) is 0 Å². The molecule has 1 rings (SSSR count). The van der Waals surface area contributed by atoms with Gasteiger partial charge in [0.25, 0.3) is 0 Å². The van der Waals surface area contributed by atoms with E-state index in [1.165, 1.54) is 0 Å². The van der Waals surface area contributed by atoms with E-state index >= 15 is 0 Å². The van der Waals surface area contributed by atoms with Crippen LogP contribution in [0.4, 0.5) is 8.78 Å². The number of aliphatic hydroxyl groups excluding tert-OH is 1. The van der Waals surface area contributed by atoms with Gasteiger partial charge in [0.15, 0.2) is 0 Å². The lowest BCUT2D eigenvalue weighted by molar-refractivity contribution is 0.0398. The maximum absolute atomic E-state index is 12.3. The van der Waals surface area contributed by atoms with Crippen molar-refractivity contribution in [1.82, 2.24) is 0 Å². The number of aliphatic hydroxyl groups is 1. The highest BCUT2D eigenvalue weighted by Crippen LogP contribution is 2.23. The van der Waals surface area contributed by atoms with Crippen molar-refractivity contribution in [2.24, 2.45) is 0 Å². The highest BCUT2D eigenvalue weighted by Gasteiger charge is 2.26. The molecule has 1 nitrogen and oxygen atoms in total. The Hall–Kier alpha value is -0.180. The molecule has 0 aromatic heterocycles. The molecule has 1 fully saturated rings. The van der Waals surface area contributed by atoms with Crippen LogP contribution in [0.15, 0.2) is 0 Å². The Kier molecular flexibility index (Phi) is 2.01. The minimum absolute atomic E-state index is 0.0307. The van der Waals surface area contributed by atoms with E-state index in [-0.39, 0.29) is 19.3 Å². The molecule has 54 valence electrons. The lowest BCUT2D eigenvalue weighted by Crippen LogP contribution is -2.27. The van der Waals surface area contributed by atoms with Crippen LogP contribution in [0, 0.1) is 0 Å². The molecular weight excluding hydrogens is 126 g/mol. The summed E-state index contributed by atoms with van der Waals surface area (Å²) >= 11 is 0. The summed E-state index contributed by atoms with van der Waals surface area (Å²) in [4.78, 5) is 0. The molecule has 0 heterocycles. The van der Waals surface area contributed by atoms with E-state index in [1.807, 2.05) is 0 Å². The molecule has 0 aliphatic heterocycles. The predicted molar refractivity (Wildman–Crippen MR) is 29.6 cm³/mol. The summed E-state index contributed by atoms with van der Waals surface area (Å²) in [6.07, 6.45) is -2.84. The van der Waals surface area contributed by atoms with Crippen LogP contribution in [0.3, 0.4) is 0 Å². The van der Waals surface area contributed by atoms with Gasteiger partial charge in [0.2, 0.25) is 0 Å². The van der Waals surface area contributed by atoms with Gasteiger partial charge in [-0.15, -0.1) is 0 Å². The fraction of sp³-hybridized carbons (Fsp3) is 1.00. The topological polar surface area (TPSA) is 20.2 Å². The second-order valence-corrected chi connectivity index (χ2v) is 2.56. The van der Waals surface area contributed by atoms with E-state index < -0.39 is 18.4 Å². The number of alkyl halides is 2. The number of rotatable bonds is 0. The normalized spacial score (nSPS) is 45.0. The first kappa shape index (κ1) is 6.93. The van der Waals surface area contributed by atoms with Crippen LogP contribution in [-0.4, -0.2) is 23.6 Å². The quantitative estimate of drug-likeness (QED) is 0.530. The lowest BCUT2D eigenvalue weighted by atomic mass is 9.95. The molecule has 3 heteroatoms. The van der Waals surface area contributed by atoms with Crippen molar-refractivity contribution in [2.45, 2.75) is 37.7 Å². The van der Waals surface area contributed by atoms with Crippen molar-refractivity contribution < 1.29 is 13.9 Å². The lowest BCUT2D eigenvalue weighted by Gasteiger charge is -2.22. The van der Waals surface area contributed by atoms with Gasteiger partial charge in [-0.2, -0.15) is 0 Å². The minimum Gasteiger partial charge on any atom is -0.393 e. The van der Waals surface area contributed by atoms with Crippen LogP contribution in [0.5, 0.6) is 0 Å². The van der Waals surface area contributed by atoms with E-state index in [2.05, 4.69) is 0 Å². The van der Waals surface area contributed by atoms with E-state index in [4.69, 9.17) is 5.11 Å². The van der Waals surface area contributed by atoms with Crippen molar-refractivity contribution in [3.63, 3.8) is 0 Å². The molecule has 0 aromatic rings. The van der Waals surface area contributed by atoms with Crippen molar-refractivity contribution in [3.8, 4) is 0 Å². The van der Waals surface area contributed by atoms with Gasteiger partial charge in [0.05, 0.1) is 6.10 Å². The predicted octanol–water partition coefficient (Wildman–Crippen LogP) is 1.21. The molecule has 0 amide bonds. The maximum Gasteiger partial charge on any atom is 0.105 e. The van der Waals surface area contributed by atoms with Gasteiger partial charge in [0, 0.05) is 19.3 Å². The smallest absolute Gasteiger partial charge is 0.105 e. The van der Waals surface area contributed by atoms with Gasteiger partial charge < -0.3 is 5.11 Å². The molecule has 0 aromatic carbocycles. The third kappa shape index (κ3) is 1.90. The standard InChI is InChI=1S/C6H10F2O/c7-4-1-5(8)3-6(9)2-4/h4-6,9H,1-3H2/t4-,5+,6?. The Morgan fingerprint density at radius 2 is 1.44 bits per heavy atom. The summed E-state index contributed by atoms with van der Waals surface area (Å²) in [5.74, 6) is 0. The molecule has 0 spiro atoms. The van der Waals surface area contributed by atoms with Crippen LogP contribution in [0.25, 0.3) is 0 Å². The summed E-state index contributed by atoms with van der Waals surface area (Å²) in [6.45, 7) is 0. The summed E-state index contributed by atoms with van der Waals surface area (Å²) in [5.41, 5.74) is 0. The number of hydrogen-bond acceptors (Lipinski definition) is 1. The van der Waals surface area contributed by atoms with Gasteiger partial charge in [0.1, 0.15) is 12.3 Å². The van der Waals surface area contributed by atoms with Crippen molar-refractivity contribution in [2.75, 3.05) is 0 Å². The highest BCUT2D eigenvalue weighted by atomic mass is 19.1. The highest BCUT2D eigenvalue weighted by molar-refractivity contribution is 4.77. The molecule has 9 heavy (non-hydrogen) atoms. The Morgan fingerprint density at radius 3 is 1.78 bits per heavy atom. The molecule has 3 atom stereocenters. The summed E-state index contributed by atoms with van der Waals surface area (Å²) in [6, 6.07) is 0. The molecule has 0 bridgehead atoms. The van der Waals surface area contributed by atoms with Crippen molar-refractivity contribution in [1.29, 1.82) is 0 Å². The molecule has 1 aliphatic rings. The first-order valence-electron chi connectivity index (χ1n) is 3.14. The van der Waals surface area contributed by atoms with Crippen LogP contribution >= 0.6 is 0 Å². The number of halogens is 2. The van der Waals surface area contributed by atoms with E-state index in [0.717, 1.165) is 0 Å².